The van der Waals surface area contributed by atoms with Gasteiger partial charge >= 0.3 is 0 Å². The lowest BCUT2D eigenvalue weighted by atomic mass is 10.1. The van der Waals surface area contributed by atoms with Crippen molar-refractivity contribution in [2.75, 3.05) is 55.0 Å². The summed E-state index contributed by atoms with van der Waals surface area (Å²) in [7, 11) is 1.66. The molecule has 0 atom stereocenters. The number of aryl methyl sites for hydroxylation is 1. The summed E-state index contributed by atoms with van der Waals surface area (Å²) in [4.78, 5) is 41.3. The first-order valence-electron chi connectivity index (χ1n) is 12.9. The number of hydrogen-bond donors (Lipinski definition) is 2. The number of piperazine rings is 1. The molecule has 0 spiro atoms. The number of nitrogens with one attached hydrogen (secondary N) is 2. The van der Waals surface area contributed by atoms with Crippen LogP contribution >= 0.6 is 0 Å². The molecule has 3 aromatic carbocycles. The number of para-hydroxylation sites is 2. The fraction of sp³-hybridized carbons (Fsp3) is 0.310. The third-order valence-electron chi connectivity index (χ3n) is 6.75. The maximum Gasteiger partial charge on any atom is 0.273 e. The van der Waals surface area contributed by atoms with E-state index in [4.69, 9.17) is 4.74 Å². The van der Waals surface area contributed by atoms with Gasteiger partial charge in [0.05, 0.1) is 23.3 Å². The van der Waals surface area contributed by atoms with Crippen LogP contribution in [0.15, 0.2) is 60.7 Å². The van der Waals surface area contributed by atoms with Crippen molar-refractivity contribution in [2.45, 2.75) is 20.3 Å². The average Bonchev–Trinajstić information content (AvgIpc) is 2.96. The van der Waals surface area contributed by atoms with E-state index in [1.807, 2.05) is 37.3 Å². The zero-order chi connectivity index (χ0) is 27.9. The molecule has 1 saturated heterocycles. The average molecular weight is 532 g/mol. The first-order chi connectivity index (χ1) is 18.8. The van der Waals surface area contributed by atoms with Gasteiger partial charge in [0.2, 0.25) is 0 Å². The van der Waals surface area contributed by atoms with E-state index < -0.39 is 10.8 Å². The van der Waals surface area contributed by atoms with Crippen molar-refractivity contribution in [2.24, 2.45) is 0 Å². The van der Waals surface area contributed by atoms with Gasteiger partial charge in [0, 0.05) is 61.3 Å². The summed E-state index contributed by atoms with van der Waals surface area (Å²) >= 11 is 0. The summed E-state index contributed by atoms with van der Waals surface area (Å²) in [5.41, 5.74) is 3.23. The van der Waals surface area contributed by atoms with Gasteiger partial charge in [-0.25, -0.2) is 0 Å². The molecular weight excluding hydrogens is 498 g/mol. The normalized spacial score (nSPS) is 13.1. The van der Waals surface area contributed by atoms with Gasteiger partial charge in [-0.2, -0.15) is 0 Å². The van der Waals surface area contributed by atoms with Crippen molar-refractivity contribution >= 4 is 34.6 Å². The van der Waals surface area contributed by atoms with E-state index in [9.17, 15) is 19.7 Å². The Hall–Kier alpha value is -4.60. The predicted octanol–water partition coefficient (Wildman–Crippen LogP) is 4.63. The van der Waals surface area contributed by atoms with E-state index in [-0.39, 0.29) is 17.2 Å². The predicted molar refractivity (Wildman–Crippen MR) is 152 cm³/mol. The molecule has 3 aromatic rings. The van der Waals surface area contributed by atoms with Crippen LogP contribution in [0.1, 0.15) is 39.6 Å². The number of methoxy groups -OCH3 is 1. The molecule has 4 rings (SSSR count). The summed E-state index contributed by atoms with van der Waals surface area (Å²) in [6, 6.07) is 17.5. The molecule has 10 nitrogen and oxygen atoms in total. The highest BCUT2D eigenvalue weighted by Gasteiger charge is 2.24. The van der Waals surface area contributed by atoms with Gasteiger partial charge in [-0.15, -0.1) is 0 Å². The number of nitro benzene ring substituents is 1. The second-order valence-corrected chi connectivity index (χ2v) is 9.35. The number of rotatable bonds is 9. The van der Waals surface area contributed by atoms with Gasteiger partial charge in [0.15, 0.2) is 0 Å². The van der Waals surface area contributed by atoms with Crippen molar-refractivity contribution < 1.29 is 19.2 Å². The molecule has 0 unspecified atom stereocenters. The molecule has 204 valence electrons. The SMILES string of the molecule is CCCNC(=O)c1cc(NC(=O)c2ccc(C)c([N+](=O)[O-])c2)ccc1N1CCN(c2ccccc2OC)CC1. The Bertz CT molecular complexity index is 1370. The van der Waals surface area contributed by atoms with Crippen LogP contribution in [0.25, 0.3) is 0 Å². The minimum Gasteiger partial charge on any atom is -0.495 e. The highest BCUT2D eigenvalue weighted by atomic mass is 16.6. The highest BCUT2D eigenvalue weighted by Crippen LogP contribution is 2.31. The number of carbonyl (C=O) groups excluding carboxylic acids is 2. The monoisotopic (exact) mass is 531 g/mol. The number of carbonyl (C=O) groups is 2. The fourth-order valence-corrected chi connectivity index (χ4v) is 4.64. The number of amides is 2. The lowest BCUT2D eigenvalue weighted by molar-refractivity contribution is -0.385. The molecule has 0 aromatic heterocycles. The van der Waals surface area contributed by atoms with Crippen LogP contribution in [0.4, 0.5) is 22.7 Å². The lowest BCUT2D eigenvalue weighted by Crippen LogP contribution is -2.47. The molecule has 1 aliphatic rings. The number of nitro groups is 1. The van der Waals surface area contributed by atoms with Gasteiger partial charge in [-0.1, -0.05) is 25.1 Å². The second kappa shape index (κ2) is 12.3. The summed E-state index contributed by atoms with van der Waals surface area (Å²) in [6.07, 6.45) is 0.793. The summed E-state index contributed by atoms with van der Waals surface area (Å²) in [6.45, 7) is 7.03. The van der Waals surface area contributed by atoms with Crippen LogP contribution < -0.4 is 25.2 Å². The molecule has 1 fully saturated rings. The van der Waals surface area contributed by atoms with E-state index in [0.717, 1.165) is 36.6 Å². The van der Waals surface area contributed by atoms with E-state index in [2.05, 4.69) is 20.4 Å². The molecule has 1 heterocycles. The zero-order valence-corrected chi connectivity index (χ0v) is 22.4. The Morgan fingerprint density at radius 3 is 2.31 bits per heavy atom. The standard InChI is InChI=1S/C29H33N5O5/c1-4-13-30-29(36)23-19-22(31-28(35)21-10-9-20(2)26(18-21)34(37)38)11-12-24(23)32-14-16-33(17-15-32)25-7-5-6-8-27(25)39-3/h5-12,18-19H,4,13-17H2,1-3H3,(H,30,36)(H,31,35). The molecule has 10 heteroatoms. The molecule has 2 N–H and O–H groups in total. The van der Waals surface area contributed by atoms with E-state index in [0.29, 0.717) is 36.4 Å². The van der Waals surface area contributed by atoms with Crippen molar-refractivity contribution in [3.05, 3.63) is 87.5 Å². The van der Waals surface area contributed by atoms with Crippen molar-refractivity contribution in [1.29, 1.82) is 0 Å². The summed E-state index contributed by atoms with van der Waals surface area (Å²) in [5.74, 6) is 0.113. The third kappa shape index (κ3) is 6.28. The topological polar surface area (TPSA) is 117 Å². The Morgan fingerprint density at radius 2 is 1.64 bits per heavy atom. The second-order valence-electron chi connectivity index (χ2n) is 9.35. The van der Waals surface area contributed by atoms with Crippen LogP contribution in [-0.4, -0.2) is 56.6 Å². The summed E-state index contributed by atoms with van der Waals surface area (Å²) in [5, 5.41) is 17.0. The maximum atomic E-state index is 13.1. The van der Waals surface area contributed by atoms with Crippen molar-refractivity contribution in [3.8, 4) is 5.75 Å². The minimum atomic E-state index is -0.509. The van der Waals surface area contributed by atoms with Gasteiger partial charge in [-0.3, -0.25) is 19.7 Å². The number of nitrogens with zero attached hydrogens (tertiary/aromatic N) is 3. The Balaban J connectivity index is 1.55. The van der Waals surface area contributed by atoms with E-state index >= 15 is 0 Å². The van der Waals surface area contributed by atoms with Gasteiger partial charge in [0.1, 0.15) is 5.75 Å². The quantitative estimate of drug-likeness (QED) is 0.305. The summed E-state index contributed by atoms with van der Waals surface area (Å²) < 4.78 is 5.52. The molecule has 39 heavy (non-hydrogen) atoms. The first kappa shape index (κ1) is 27.4. The molecular formula is C29H33N5O5. The van der Waals surface area contributed by atoms with E-state index in [1.165, 1.54) is 6.07 Å². The minimum absolute atomic E-state index is 0.120. The maximum absolute atomic E-state index is 13.1. The lowest BCUT2D eigenvalue weighted by Gasteiger charge is -2.38. The van der Waals surface area contributed by atoms with Crippen molar-refractivity contribution in [1.82, 2.24) is 5.32 Å². The highest BCUT2D eigenvalue weighted by molar-refractivity contribution is 6.06. The van der Waals surface area contributed by atoms with Crippen molar-refractivity contribution in [3.63, 3.8) is 0 Å². The first-order valence-corrected chi connectivity index (χ1v) is 12.9. The van der Waals surface area contributed by atoms with Gasteiger partial charge in [-0.05, 0) is 49.7 Å². The molecule has 1 aliphatic heterocycles. The van der Waals surface area contributed by atoms with Crippen LogP contribution in [-0.2, 0) is 0 Å². The Labute approximate surface area is 227 Å². The Kier molecular flexibility index (Phi) is 8.65. The fourth-order valence-electron chi connectivity index (χ4n) is 4.64. The zero-order valence-electron chi connectivity index (χ0n) is 22.4. The molecule has 0 radical (unpaired) electrons. The third-order valence-corrected chi connectivity index (χ3v) is 6.75. The molecule has 0 aliphatic carbocycles. The molecule has 2 amide bonds. The van der Waals surface area contributed by atoms with Crippen LogP contribution in [0.3, 0.4) is 0 Å². The Morgan fingerprint density at radius 1 is 0.949 bits per heavy atom. The largest absolute Gasteiger partial charge is 0.495 e. The van der Waals surface area contributed by atoms with Gasteiger partial charge in [0.25, 0.3) is 17.5 Å². The number of benzene rings is 3. The van der Waals surface area contributed by atoms with Gasteiger partial charge < -0.3 is 25.2 Å². The van der Waals surface area contributed by atoms with E-state index in [1.54, 1.807) is 38.3 Å². The smallest absolute Gasteiger partial charge is 0.273 e. The number of anilines is 3. The van der Waals surface area contributed by atoms with Crippen LogP contribution in [0.5, 0.6) is 5.75 Å². The number of ether oxygens (including phenoxy) is 1. The molecule has 0 bridgehead atoms. The number of hydrogen-bond acceptors (Lipinski definition) is 7. The van der Waals surface area contributed by atoms with Crippen LogP contribution in [0, 0.1) is 17.0 Å². The van der Waals surface area contributed by atoms with Crippen LogP contribution in [0.2, 0.25) is 0 Å². The molecule has 0 saturated carbocycles.